The molecule has 0 aromatic heterocycles. The zero-order chi connectivity index (χ0) is 71.2. The van der Waals surface area contributed by atoms with Gasteiger partial charge >= 0.3 is 0 Å². The number of aliphatic imine (C=N–C) groups is 2. The number of ether oxygens (including phenoxy) is 7. The highest BCUT2D eigenvalue weighted by molar-refractivity contribution is 5.96. The number of hydrogen-bond acceptors (Lipinski definition) is 32. The maximum absolute atomic E-state index is 15.0. The minimum absolute atomic E-state index is 0.0376. The number of aliphatic hydroxyl groups excluding tert-OH is 13. The summed E-state index contributed by atoms with van der Waals surface area (Å²) in [6, 6.07) is 9.28. The minimum atomic E-state index is -2.26. The van der Waals surface area contributed by atoms with Gasteiger partial charge in [-0.2, -0.15) is 0 Å². The summed E-state index contributed by atoms with van der Waals surface area (Å²) in [5.41, 5.74) is 20.3. The second-order valence-corrected chi connectivity index (χ2v) is 24.3. The van der Waals surface area contributed by atoms with Gasteiger partial charge in [-0.15, -0.1) is 0 Å². The Bertz CT molecular complexity index is 3150. The van der Waals surface area contributed by atoms with Gasteiger partial charge in [-0.25, -0.2) is 0 Å². The molecule has 3 fully saturated rings. The Morgan fingerprint density at radius 3 is 1.91 bits per heavy atom. The Morgan fingerprint density at radius 1 is 0.673 bits per heavy atom. The number of nitrogens with zero attached hydrogens (tertiary/aromatic N) is 3. The summed E-state index contributed by atoms with van der Waals surface area (Å²) in [5.74, 6) is -5.50. The van der Waals surface area contributed by atoms with E-state index in [9.17, 15) is 90.4 Å². The quantitative estimate of drug-likeness (QED) is 0.0258. The molecule has 542 valence electrons. The van der Waals surface area contributed by atoms with E-state index < -0.39 is 215 Å². The van der Waals surface area contributed by atoms with Crippen molar-refractivity contribution >= 4 is 41.8 Å². The van der Waals surface area contributed by atoms with E-state index in [1.54, 1.807) is 61.5 Å². The summed E-state index contributed by atoms with van der Waals surface area (Å²) in [6.07, 6.45) is -30.0. The standard InChI is InChI=1S/C62H89N11O25/c1-3-17-93-32-13-11-29(12-14-32)25-92-26-39-46(81)48(83)51(86)60(97-39)98-53-38(24-77)96-59(52(87)49(53)84)94-33-15-9-28(10-16-33)18-34(69-55(89)40(63)27(2)30-7-5-4-6-8-30)54(88)71-41(43(78)35-19-66-61(64)70-35)57(91)72-42(56(90)68-31(21-74)22-75)44(79)36-20-67-62(65)73(36)58-50(85)47(82)45(80)37(23-76)95-58/h4-16,21,27,31,34-53,58-60,75-87H,3,17-20,22-26,63H2,1-2H3,(H2,65,67)(H,68,90)(H,69,89)(H,71,88)(H,72,91)(H3,64,66,70)/t27?,31-,34+,35?,36?,37?,38?,39?,40+,41+,42+,43?,44?,45?,46?,47?,48?,49?,50?,51?,52?,53?,58?,59?,60?/m1/s1. The van der Waals surface area contributed by atoms with Crippen molar-refractivity contribution in [3.8, 4) is 11.5 Å². The average Bonchev–Trinajstić information content (AvgIpc) is 1.46. The van der Waals surface area contributed by atoms with E-state index in [0.717, 1.165) is 16.9 Å². The molecular formula is C62H89N11O25. The Balaban J connectivity index is 0.998. The molecule has 0 spiro atoms. The van der Waals surface area contributed by atoms with Crippen molar-refractivity contribution in [1.82, 2.24) is 31.5 Å². The lowest BCUT2D eigenvalue weighted by Gasteiger charge is -2.46. The fourth-order valence-electron chi connectivity index (χ4n) is 11.6. The molecule has 0 radical (unpaired) electrons. The minimum Gasteiger partial charge on any atom is -0.494 e. The number of rotatable bonds is 32. The number of aldehydes is 1. The van der Waals surface area contributed by atoms with Crippen molar-refractivity contribution in [1.29, 1.82) is 0 Å². The molecule has 3 saturated heterocycles. The van der Waals surface area contributed by atoms with Gasteiger partial charge in [-0.05, 0) is 47.4 Å². The molecule has 5 heterocycles. The van der Waals surface area contributed by atoms with Crippen LogP contribution >= 0.6 is 0 Å². The highest BCUT2D eigenvalue weighted by Crippen LogP contribution is 2.33. The third-order valence-electron chi connectivity index (χ3n) is 17.5. The SMILES string of the molecule is CCCOc1ccc(COCC2OC(OC3C(CO)OC(Oc4ccc(C[C@H](NC(=O)[C@@H](N)C(C)c5ccccc5)C(=O)N[C@H](C(=O)N[C@H](C(=O)N[C@H](C=O)CO)C(O)C5CN=C(N)N5C5OC(CO)C(O)C(O)C5O)C(O)C5CN=C(N)N5)cc4)C(O)C3O)C(O)C(O)C2O)cc1. The van der Waals surface area contributed by atoms with Crippen LogP contribution in [0.25, 0.3) is 0 Å². The third-order valence-corrected chi connectivity index (χ3v) is 17.5. The van der Waals surface area contributed by atoms with Crippen molar-refractivity contribution in [2.24, 2.45) is 27.2 Å². The molecule has 0 bridgehead atoms. The Morgan fingerprint density at radius 2 is 1.28 bits per heavy atom. The number of nitrogens with two attached hydrogens (primary N) is 3. The smallest absolute Gasteiger partial charge is 0.246 e. The fourth-order valence-corrected chi connectivity index (χ4v) is 11.6. The lowest BCUT2D eigenvalue weighted by Crippen LogP contribution is -2.70. The zero-order valence-electron chi connectivity index (χ0n) is 53.4. The molecule has 98 heavy (non-hydrogen) atoms. The van der Waals surface area contributed by atoms with Gasteiger partial charge in [0.1, 0.15) is 127 Å². The number of carbonyl (C=O) groups is 5. The first-order valence-corrected chi connectivity index (χ1v) is 31.7. The lowest BCUT2D eigenvalue weighted by atomic mass is 9.93. The first-order valence-electron chi connectivity index (χ1n) is 31.7. The predicted molar refractivity (Wildman–Crippen MR) is 337 cm³/mol. The van der Waals surface area contributed by atoms with Crippen LogP contribution in [0.1, 0.15) is 42.9 Å². The molecule has 24 N–H and O–H groups in total. The number of guanidine groups is 2. The highest BCUT2D eigenvalue weighted by atomic mass is 16.7. The van der Waals surface area contributed by atoms with Gasteiger partial charge in [0.2, 0.25) is 29.9 Å². The van der Waals surface area contributed by atoms with Crippen LogP contribution in [0.2, 0.25) is 0 Å². The second kappa shape index (κ2) is 35.1. The predicted octanol–water partition coefficient (Wildman–Crippen LogP) is -9.69. The van der Waals surface area contributed by atoms with Crippen molar-refractivity contribution in [2.45, 2.75) is 186 Å². The molecule has 3 aromatic rings. The average molecular weight is 1390 g/mol. The van der Waals surface area contributed by atoms with Crippen LogP contribution in [0.15, 0.2) is 88.8 Å². The van der Waals surface area contributed by atoms with Gasteiger partial charge < -0.3 is 153 Å². The molecule has 5 aliphatic heterocycles. The van der Waals surface area contributed by atoms with E-state index in [0.29, 0.717) is 17.9 Å². The van der Waals surface area contributed by atoms with Crippen LogP contribution in [-0.4, -0.2) is 306 Å². The summed E-state index contributed by atoms with van der Waals surface area (Å²) in [4.78, 5) is 79.3. The van der Waals surface area contributed by atoms with E-state index in [-0.39, 0.29) is 43.3 Å². The summed E-state index contributed by atoms with van der Waals surface area (Å²) in [5, 5.41) is 154. The van der Waals surface area contributed by atoms with Crippen LogP contribution in [0.3, 0.4) is 0 Å². The number of aliphatic hydroxyl groups is 13. The number of benzene rings is 3. The number of amides is 4. The van der Waals surface area contributed by atoms with Crippen molar-refractivity contribution in [3.63, 3.8) is 0 Å². The normalized spacial score (nSPS) is 31.1. The topological polar surface area (TPSA) is 579 Å². The third kappa shape index (κ3) is 18.3. The fraction of sp³-hybridized carbons (Fsp3) is 0.597. The molecule has 36 heteroatoms. The molecule has 20 unspecified atom stereocenters. The monoisotopic (exact) mass is 1390 g/mol. The summed E-state index contributed by atoms with van der Waals surface area (Å²) >= 11 is 0. The molecule has 8 rings (SSSR count). The van der Waals surface area contributed by atoms with Crippen LogP contribution in [0, 0.1) is 0 Å². The second-order valence-electron chi connectivity index (χ2n) is 24.3. The Hall–Kier alpha value is -7.41. The first-order chi connectivity index (χ1) is 46.8. The van der Waals surface area contributed by atoms with E-state index in [4.69, 9.17) is 50.4 Å². The van der Waals surface area contributed by atoms with E-state index >= 15 is 0 Å². The van der Waals surface area contributed by atoms with E-state index in [1.807, 2.05) is 6.92 Å². The van der Waals surface area contributed by atoms with E-state index in [1.165, 1.54) is 24.3 Å². The van der Waals surface area contributed by atoms with Crippen LogP contribution in [0.5, 0.6) is 11.5 Å². The first kappa shape index (κ1) is 76.3. The Kier molecular flexibility index (Phi) is 27.3. The van der Waals surface area contributed by atoms with Crippen LogP contribution in [0.4, 0.5) is 0 Å². The van der Waals surface area contributed by atoms with Gasteiger partial charge in [-0.1, -0.05) is 68.4 Å². The van der Waals surface area contributed by atoms with Crippen LogP contribution in [-0.2, 0) is 60.7 Å². The molecule has 5 aliphatic rings. The van der Waals surface area contributed by atoms with Crippen LogP contribution < -0.4 is 53.3 Å². The molecule has 3 aromatic carbocycles. The number of carbonyl (C=O) groups excluding carboxylic acids is 5. The van der Waals surface area contributed by atoms with Gasteiger partial charge in [-0.3, -0.25) is 29.2 Å². The molecule has 0 saturated carbocycles. The largest absolute Gasteiger partial charge is 0.494 e. The molecule has 0 aliphatic carbocycles. The molecular weight excluding hydrogens is 1300 g/mol. The highest BCUT2D eigenvalue weighted by Gasteiger charge is 2.54. The van der Waals surface area contributed by atoms with Crippen molar-refractivity contribution < 1.29 is 124 Å². The number of nitrogens with one attached hydrogen (secondary N) is 5. The van der Waals surface area contributed by atoms with Gasteiger partial charge in [0.15, 0.2) is 24.4 Å². The summed E-state index contributed by atoms with van der Waals surface area (Å²) in [7, 11) is 0. The number of hydrogen-bond donors (Lipinski definition) is 21. The Labute approximate surface area is 561 Å². The van der Waals surface area contributed by atoms with Crippen molar-refractivity contribution in [2.75, 3.05) is 46.1 Å². The zero-order valence-corrected chi connectivity index (χ0v) is 53.4. The maximum atomic E-state index is 15.0. The summed E-state index contributed by atoms with van der Waals surface area (Å²) < 4.78 is 40.5. The van der Waals surface area contributed by atoms with Crippen molar-refractivity contribution in [3.05, 3.63) is 95.6 Å². The molecule has 36 nitrogen and oxygen atoms in total. The molecule has 4 amide bonds. The van der Waals surface area contributed by atoms with Gasteiger partial charge in [0, 0.05) is 12.3 Å². The maximum Gasteiger partial charge on any atom is 0.246 e. The van der Waals surface area contributed by atoms with E-state index in [2.05, 4.69) is 36.6 Å². The van der Waals surface area contributed by atoms with Gasteiger partial charge in [0.25, 0.3) is 0 Å². The summed E-state index contributed by atoms with van der Waals surface area (Å²) in [6.45, 7) is 0.415. The van der Waals surface area contributed by atoms with Gasteiger partial charge in [0.05, 0.1) is 70.9 Å². The lowest BCUT2D eigenvalue weighted by molar-refractivity contribution is -0.353. The molecule has 25 atom stereocenters.